The van der Waals surface area contributed by atoms with E-state index in [0.717, 1.165) is 0 Å². The molecular weight excluding hydrogens is 500 g/mol. The van der Waals surface area contributed by atoms with Crippen LogP contribution in [0.5, 0.6) is 23.0 Å². The number of fused-ring (bicyclic) bond motifs is 2. The minimum Gasteiger partial charge on any atom is -0.507 e. The van der Waals surface area contributed by atoms with Crippen LogP contribution in [-0.4, -0.2) is 42.1 Å². The summed E-state index contributed by atoms with van der Waals surface area (Å²) in [5.41, 5.74) is 1.47. The highest BCUT2D eigenvalue weighted by atomic mass is 16.5. The van der Waals surface area contributed by atoms with Crippen molar-refractivity contribution >= 4 is 23.8 Å². The third-order valence-electron chi connectivity index (χ3n) is 6.93. The van der Waals surface area contributed by atoms with E-state index in [2.05, 4.69) is 0 Å². The van der Waals surface area contributed by atoms with Crippen molar-refractivity contribution < 1.29 is 38.4 Å². The van der Waals surface area contributed by atoms with Crippen LogP contribution >= 0.6 is 0 Å². The summed E-state index contributed by atoms with van der Waals surface area (Å²) < 4.78 is 22.6. The molecule has 39 heavy (non-hydrogen) atoms. The second-order valence-electron chi connectivity index (χ2n) is 10.4. The van der Waals surface area contributed by atoms with Gasteiger partial charge >= 0.3 is 11.9 Å². The Hall–Kier alpha value is -3.81. The lowest BCUT2D eigenvalue weighted by molar-refractivity contribution is -0.135. The number of rotatable bonds is 4. The maximum atomic E-state index is 13.4. The molecule has 2 heterocycles. The highest BCUT2D eigenvalue weighted by molar-refractivity contribution is 5.98. The normalized spacial score (nSPS) is 20.4. The van der Waals surface area contributed by atoms with Gasteiger partial charge in [-0.05, 0) is 75.8 Å². The Labute approximate surface area is 228 Å². The molecule has 0 amide bonds. The molecule has 0 aliphatic carbocycles. The number of carbonyl (C=O) groups is 3. The topological polar surface area (TPSA) is 108 Å². The third-order valence-corrected chi connectivity index (χ3v) is 6.93. The van der Waals surface area contributed by atoms with Gasteiger partial charge in [0.05, 0.1) is 25.7 Å². The van der Waals surface area contributed by atoms with Gasteiger partial charge in [0.1, 0.15) is 22.8 Å². The van der Waals surface area contributed by atoms with E-state index in [1.807, 2.05) is 26.0 Å². The Bertz CT molecular complexity index is 1280. The van der Waals surface area contributed by atoms with Crippen LogP contribution in [0.4, 0.5) is 0 Å². The predicted octanol–water partition coefficient (Wildman–Crippen LogP) is 6.11. The fraction of sp³-hybridized carbons (Fsp3) is 0.452. The van der Waals surface area contributed by atoms with E-state index >= 15 is 0 Å². The molecule has 2 aromatic rings. The van der Waals surface area contributed by atoms with Crippen LogP contribution < -0.4 is 14.2 Å². The molecule has 2 aliphatic heterocycles. The number of benzene rings is 2. The van der Waals surface area contributed by atoms with E-state index in [0.29, 0.717) is 66.7 Å². The van der Waals surface area contributed by atoms with Crippen molar-refractivity contribution in [2.24, 2.45) is 0 Å². The summed E-state index contributed by atoms with van der Waals surface area (Å²) in [7, 11) is 1.55. The van der Waals surface area contributed by atoms with Gasteiger partial charge in [-0.1, -0.05) is 18.2 Å². The minimum atomic E-state index is -0.667. The van der Waals surface area contributed by atoms with Crippen LogP contribution in [0, 0.1) is 0 Å². The number of carbonyl (C=O) groups excluding carboxylic acids is 3. The molecule has 2 aliphatic rings. The number of methoxy groups -OCH3 is 1. The maximum Gasteiger partial charge on any atom is 0.342 e. The number of hydrogen-bond donors (Lipinski definition) is 1. The molecule has 0 saturated carbocycles. The summed E-state index contributed by atoms with van der Waals surface area (Å²) in [5.74, 6) is -0.525. The van der Waals surface area contributed by atoms with Gasteiger partial charge in [-0.25, -0.2) is 4.79 Å². The molecular formula is C31H36O8. The highest BCUT2D eigenvalue weighted by Gasteiger charge is 2.36. The summed E-state index contributed by atoms with van der Waals surface area (Å²) in [4.78, 5) is 38.2. The minimum absolute atomic E-state index is 0.0257. The van der Waals surface area contributed by atoms with Gasteiger partial charge in [-0.2, -0.15) is 0 Å². The molecule has 8 heteroatoms. The molecule has 0 aromatic heterocycles. The van der Waals surface area contributed by atoms with Crippen LogP contribution in [0.15, 0.2) is 30.3 Å². The zero-order valence-corrected chi connectivity index (χ0v) is 23.0. The van der Waals surface area contributed by atoms with E-state index in [1.165, 1.54) is 0 Å². The van der Waals surface area contributed by atoms with Crippen LogP contribution in [0.1, 0.15) is 98.7 Å². The largest absolute Gasteiger partial charge is 0.507 e. The average Bonchev–Trinajstić information content (AvgIpc) is 2.87. The van der Waals surface area contributed by atoms with Gasteiger partial charge in [0.2, 0.25) is 0 Å². The first-order valence-electron chi connectivity index (χ1n) is 13.5. The predicted molar refractivity (Wildman–Crippen MR) is 146 cm³/mol. The Balaban J connectivity index is 1.82. The number of phenols is 1. The van der Waals surface area contributed by atoms with Crippen molar-refractivity contribution in [3.63, 3.8) is 0 Å². The van der Waals surface area contributed by atoms with E-state index in [1.54, 1.807) is 38.3 Å². The van der Waals surface area contributed by atoms with E-state index < -0.39 is 24.0 Å². The summed E-state index contributed by atoms with van der Waals surface area (Å²) >= 11 is 0. The number of Topliss-reactive ketones (excluding diaryl/α,β-unsaturated/α-hetero) is 1. The van der Waals surface area contributed by atoms with E-state index in [-0.39, 0.29) is 35.4 Å². The number of ketones is 1. The van der Waals surface area contributed by atoms with Crippen molar-refractivity contribution in [3.05, 3.63) is 52.6 Å². The maximum absolute atomic E-state index is 13.4. The van der Waals surface area contributed by atoms with Gasteiger partial charge in [-0.15, -0.1) is 0 Å². The average molecular weight is 537 g/mol. The first-order chi connectivity index (χ1) is 18.7. The third kappa shape index (κ3) is 6.61. The monoisotopic (exact) mass is 536 g/mol. The SMILES string of the molecule is COc1ccc([C@@H]2CC(=O)Oc3cc4c(c(O)c32)C(=O)O[C@@H](C)CCCC(=O)CCCC=C4)cc1OC(C)C. The molecule has 0 saturated heterocycles. The van der Waals surface area contributed by atoms with Crippen molar-refractivity contribution in [1.82, 2.24) is 0 Å². The molecule has 0 spiro atoms. The number of cyclic esters (lactones) is 1. The number of hydrogen-bond acceptors (Lipinski definition) is 8. The lowest BCUT2D eigenvalue weighted by Gasteiger charge is -2.28. The number of phenolic OH excluding ortho intramolecular Hbond substituents is 1. The van der Waals surface area contributed by atoms with Gasteiger partial charge in [0.25, 0.3) is 0 Å². The molecule has 0 fully saturated rings. The van der Waals surface area contributed by atoms with Crippen LogP contribution in [0.2, 0.25) is 0 Å². The van der Waals surface area contributed by atoms with Gasteiger partial charge in [0, 0.05) is 24.3 Å². The lowest BCUT2D eigenvalue weighted by Crippen LogP contribution is -2.23. The lowest BCUT2D eigenvalue weighted by atomic mass is 9.83. The van der Waals surface area contributed by atoms with Gasteiger partial charge in [-0.3, -0.25) is 9.59 Å². The fourth-order valence-corrected chi connectivity index (χ4v) is 5.06. The standard InChI is InChI=1S/C31H36O8/c1-18(2)37-25-15-20(13-14-24(25)36-4)23-17-27(33)39-26-16-21-10-6-5-7-11-22(32)12-8-9-19(3)38-31(35)28(21)30(34)29(23)26/h6,10,13-16,18-19,23,34H,5,7-9,11-12,17H2,1-4H3/t19-,23-/m0/s1. The second kappa shape index (κ2) is 12.4. The van der Waals surface area contributed by atoms with Crippen LogP contribution in [-0.2, 0) is 14.3 Å². The van der Waals surface area contributed by atoms with Gasteiger partial charge in [0.15, 0.2) is 11.5 Å². The van der Waals surface area contributed by atoms with Crippen molar-refractivity contribution in [3.8, 4) is 23.0 Å². The van der Waals surface area contributed by atoms with E-state index in [9.17, 15) is 19.5 Å². The zero-order chi connectivity index (χ0) is 28.1. The first kappa shape index (κ1) is 28.2. The Morgan fingerprint density at radius 2 is 1.82 bits per heavy atom. The number of ether oxygens (including phenoxy) is 4. The van der Waals surface area contributed by atoms with E-state index in [4.69, 9.17) is 18.9 Å². The Morgan fingerprint density at radius 1 is 1.05 bits per heavy atom. The zero-order valence-electron chi connectivity index (χ0n) is 23.0. The number of aromatic hydroxyl groups is 1. The summed E-state index contributed by atoms with van der Waals surface area (Å²) in [6.07, 6.45) is 6.41. The quantitative estimate of drug-likeness (QED) is 0.368. The number of esters is 2. The Morgan fingerprint density at radius 3 is 2.56 bits per heavy atom. The fourth-order valence-electron chi connectivity index (χ4n) is 5.06. The van der Waals surface area contributed by atoms with Crippen molar-refractivity contribution in [2.75, 3.05) is 7.11 Å². The van der Waals surface area contributed by atoms with Crippen LogP contribution in [0.25, 0.3) is 6.08 Å². The molecule has 2 aromatic carbocycles. The Kier molecular flexibility index (Phi) is 8.94. The summed E-state index contributed by atoms with van der Waals surface area (Å²) in [6.45, 7) is 5.58. The molecule has 0 bridgehead atoms. The second-order valence-corrected chi connectivity index (χ2v) is 10.4. The summed E-state index contributed by atoms with van der Waals surface area (Å²) in [6, 6.07) is 6.96. The molecule has 4 rings (SSSR count). The molecule has 0 unspecified atom stereocenters. The molecule has 8 nitrogen and oxygen atoms in total. The molecule has 2 atom stereocenters. The first-order valence-corrected chi connectivity index (χ1v) is 13.5. The van der Waals surface area contributed by atoms with Crippen LogP contribution in [0.3, 0.4) is 0 Å². The summed E-state index contributed by atoms with van der Waals surface area (Å²) in [5, 5.41) is 11.6. The molecule has 208 valence electrons. The van der Waals surface area contributed by atoms with Crippen molar-refractivity contribution in [1.29, 1.82) is 0 Å². The smallest absolute Gasteiger partial charge is 0.342 e. The number of allylic oxidation sites excluding steroid dienone is 1. The molecule has 0 radical (unpaired) electrons. The van der Waals surface area contributed by atoms with Gasteiger partial charge < -0.3 is 24.1 Å². The highest BCUT2D eigenvalue weighted by Crippen LogP contribution is 2.48. The molecule has 1 N–H and O–H groups in total. The van der Waals surface area contributed by atoms with Crippen molar-refractivity contribution in [2.45, 2.75) is 83.8 Å².